The summed E-state index contributed by atoms with van der Waals surface area (Å²) in [5, 5.41) is 8.85. The van der Waals surface area contributed by atoms with Crippen LogP contribution in [0.3, 0.4) is 0 Å². The van der Waals surface area contributed by atoms with Crippen LogP contribution in [0.15, 0.2) is 0 Å². The van der Waals surface area contributed by atoms with E-state index in [1.165, 1.54) is 25.8 Å². The van der Waals surface area contributed by atoms with Gasteiger partial charge >= 0.3 is 5.97 Å². The van der Waals surface area contributed by atoms with E-state index in [0.29, 0.717) is 0 Å². The van der Waals surface area contributed by atoms with E-state index in [-0.39, 0.29) is 12.5 Å². The third-order valence-electron chi connectivity index (χ3n) is 4.47. The molecule has 3 atom stereocenters. The fraction of sp³-hybridized carbons (Fsp3) is 0.923. The highest BCUT2D eigenvalue weighted by Gasteiger charge is 2.35. The molecule has 0 saturated carbocycles. The Morgan fingerprint density at radius 2 is 2.18 bits per heavy atom. The second-order valence-electron chi connectivity index (χ2n) is 5.68. The maximum absolute atomic E-state index is 10.8. The van der Waals surface area contributed by atoms with E-state index in [1.807, 2.05) is 6.92 Å². The molecule has 2 fully saturated rings. The molecule has 1 N–H and O–H groups in total. The molecule has 2 saturated heterocycles. The van der Waals surface area contributed by atoms with Gasteiger partial charge in [0.2, 0.25) is 0 Å². The summed E-state index contributed by atoms with van der Waals surface area (Å²) in [4.78, 5) is 15.6. The quantitative estimate of drug-likeness (QED) is 0.806. The normalized spacial score (nSPS) is 33.1. The molecule has 4 heteroatoms. The van der Waals surface area contributed by atoms with Gasteiger partial charge in [0.05, 0.1) is 6.42 Å². The number of carboxylic acid groups (broad SMARTS) is 1. The monoisotopic (exact) mass is 240 g/mol. The van der Waals surface area contributed by atoms with E-state index in [2.05, 4.69) is 16.8 Å². The number of carboxylic acids is 1. The van der Waals surface area contributed by atoms with Crippen LogP contribution < -0.4 is 0 Å². The fourth-order valence-corrected chi connectivity index (χ4v) is 3.46. The molecule has 0 spiro atoms. The molecule has 0 aliphatic carbocycles. The minimum Gasteiger partial charge on any atom is -0.481 e. The van der Waals surface area contributed by atoms with Gasteiger partial charge in [0.25, 0.3) is 0 Å². The van der Waals surface area contributed by atoms with Crippen LogP contribution in [0.5, 0.6) is 0 Å². The van der Waals surface area contributed by atoms with Crippen molar-refractivity contribution in [3.8, 4) is 0 Å². The highest BCUT2D eigenvalue weighted by molar-refractivity contribution is 5.67. The molecule has 98 valence electrons. The largest absolute Gasteiger partial charge is 0.481 e. The average Bonchev–Trinajstić information content (AvgIpc) is 2.28. The second kappa shape index (κ2) is 5.36. The van der Waals surface area contributed by atoms with Crippen LogP contribution in [-0.2, 0) is 4.79 Å². The number of nitrogens with zero attached hydrogens (tertiary/aromatic N) is 2. The first kappa shape index (κ1) is 12.8. The van der Waals surface area contributed by atoms with Gasteiger partial charge in [0.1, 0.15) is 0 Å². The number of rotatable bonds is 3. The van der Waals surface area contributed by atoms with Gasteiger partial charge < -0.3 is 10.0 Å². The Bertz CT molecular complexity index is 283. The number of hydrogen-bond donors (Lipinski definition) is 1. The van der Waals surface area contributed by atoms with E-state index in [1.54, 1.807) is 0 Å². The molecule has 0 amide bonds. The van der Waals surface area contributed by atoms with Gasteiger partial charge in [-0.3, -0.25) is 9.69 Å². The zero-order valence-electron chi connectivity index (χ0n) is 10.9. The standard InChI is InChI=1S/C13H24N2O2/c1-10(8-13(16)17)15-7-5-12-11(9-15)4-3-6-14(12)2/h10-12H,3-9H2,1-2H3,(H,16,17). The lowest BCUT2D eigenvalue weighted by atomic mass is 9.83. The first-order chi connectivity index (χ1) is 8.08. The molecule has 4 nitrogen and oxygen atoms in total. The van der Waals surface area contributed by atoms with Crippen LogP contribution in [0.4, 0.5) is 0 Å². The summed E-state index contributed by atoms with van der Waals surface area (Å²) in [7, 11) is 2.23. The molecule has 0 bridgehead atoms. The van der Waals surface area contributed by atoms with E-state index >= 15 is 0 Å². The Morgan fingerprint density at radius 3 is 2.88 bits per heavy atom. The maximum Gasteiger partial charge on any atom is 0.304 e. The Labute approximate surface area is 104 Å². The average molecular weight is 240 g/mol. The van der Waals surface area contributed by atoms with Crippen molar-refractivity contribution < 1.29 is 9.90 Å². The summed E-state index contributed by atoms with van der Waals surface area (Å²) in [5.41, 5.74) is 0. The van der Waals surface area contributed by atoms with Gasteiger partial charge in [0.15, 0.2) is 0 Å². The molecule has 0 aromatic rings. The van der Waals surface area contributed by atoms with Crippen molar-refractivity contribution in [2.24, 2.45) is 5.92 Å². The van der Waals surface area contributed by atoms with Crippen LogP contribution >= 0.6 is 0 Å². The predicted molar refractivity (Wildman–Crippen MR) is 67.0 cm³/mol. The minimum absolute atomic E-state index is 0.181. The smallest absolute Gasteiger partial charge is 0.304 e. The highest BCUT2D eigenvalue weighted by Crippen LogP contribution is 2.30. The molecule has 3 unspecified atom stereocenters. The third-order valence-corrected chi connectivity index (χ3v) is 4.47. The Kier molecular flexibility index (Phi) is 4.05. The molecule has 0 aromatic heterocycles. The second-order valence-corrected chi connectivity index (χ2v) is 5.68. The van der Waals surface area contributed by atoms with Crippen LogP contribution in [0.25, 0.3) is 0 Å². The van der Waals surface area contributed by atoms with Crippen LogP contribution in [0, 0.1) is 5.92 Å². The van der Waals surface area contributed by atoms with Gasteiger partial charge in [0, 0.05) is 18.6 Å². The highest BCUT2D eigenvalue weighted by atomic mass is 16.4. The number of piperidine rings is 2. The molecule has 2 heterocycles. The topological polar surface area (TPSA) is 43.8 Å². The first-order valence-corrected chi connectivity index (χ1v) is 6.74. The summed E-state index contributed by atoms with van der Waals surface area (Å²) < 4.78 is 0. The van der Waals surface area contributed by atoms with E-state index in [9.17, 15) is 4.79 Å². The van der Waals surface area contributed by atoms with E-state index in [4.69, 9.17) is 5.11 Å². The molecule has 0 aromatic carbocycles. The van der Waals surface area contributed by atoms with Crippen molar-refractivity contribution in [1.82, 2.24) is 9.80 Å². The van der Waals surface area contributed by atoms with Crippen molar-refractivity contribution in [3.05, 3.63) is 0 Å². The molecule has 17 heavy (non-hydrogen) atoms. The van der Waals surface area contributed by atoms with Gasteiger partial charge in [-0.1, -0.05) is 0 Å². The summed E-state index contributed by atoms with van der Waals surface area (Å²) in [6.07, 6.45) is 4.07. The lowest BCUT2D eigenvalue weighted by Gasteiger charge is -2.47. The fourth-order valence-electron chi connectivity index (χ4n) is 3.46. The van der Waals surface area contributed by atoms with Crippen molar-refractivity contribution in [1.29, 1.82) is 0 Å². The maximum atomic E-state index is 10.8. The first-order valence-electron chi connectivity index (χ1n) is 6.74. The van der Waals surface area contributed by atoms with E-state index < -0.39 is 5.97 Å². The van der Waals surface area contributed by atoms with Gasteiger partial charge in [-0.05, 0) is 52.2 Å². The molecular formula is C13H24N2O2. The van der Waals surface area contributed by atoms with Crippen LogP contribution in [0.2, 0.25) is 0 Å². The molecule has 2 rings (SSSR count). The number of fused-ring (bicyclic) bond motifs is 1. The molecular weight excluding hydrogens is 216 g/mol. The number of hydrogen-bond acceptors (Lipinski definition) is 3. The summed E-state index contributed by atoms with van der Waals surface area (Å²) in [6, 6.07) is 0.915. The number of aliphatic carboxylic acids is 1. The number of carbonyl (C=O) groups is 1. The van der Waals surface area contributed by atoms with Crippen molar-refractivity contribution in [3.63, 3.8) is 0 Å². The Morgan fingerprint density at radius 1 is 1.41 bits per heavy atom. The zero-order valence-corrected chi connectivity index (χ0v) is 10.9. The van der Waals surface area contributed by atoms with Crippen molar-refractivity contribution in [2.45, 2.75) is 44.7 Å². The Hall–Kier alpha value is -0.610. The zero-order chi connectivity index (χ0) is 12.4. The lowest BCUT2D eigenvalue weighted by molar-refractivity contribution is -0.138. The molecule has 2 aliphatic rings. The minimum atomic E-state index is -0.680. The van der Waals surface area contributed by atoms with E-state index in [0.717, 1.165) is 25.0 Å². The molecule has 2 aliphatic heterocycles. The van der Waals surface area contributed by atoms with Crippen LogP contribution in [0.1, 0.15) is 32.6 Å². The van der Waals surface area contributed by atoms with Crippen molar-refractivity contribution in [2.75, 3.05) is 26.7 Å². The van der Waals surface area contributed by atoms with Gasteiger partial charge in [-0.25, -0.2) is 0 Å². The van der Waals surface area contributed by atoms with Gasteiger partial charge in [-0.15, -0.1) is 0 Å². The summed E-state index contributed by atoms with van der Waals surface area (Å²) in [5.74, 6) is 0.0686. The third kappa shape index (κ3) is 2.99. The van der Waals surface area contributed by atoms with Crippen LogP contribution in [-0.4, -0.2) is 59.6 Å². The summed E-state index contributed by atoms with van der Waals surface area (Å²) in [6.45, 7) is 5.41. The predicted octanol–water partition coefficient (Wildman–Crippen LogP) is 1.27. The Balaban J connectivity index is 1.90. The van der Waals surface area contributed by atoms with Gasteiger partial charge in [-0.2, -0.15) is 0 Å². The van der Waals surface area contributed by atoms with Crippen molar-refractivity contribution >= 4 is 5.97 Å². The SMILES string of the molecule is CC(CC(=O)O)N1CCC2C(CCCN2C)C1. The lowest BCUT2D eigenvalue weighted by Crippen LogP contribution is -2.54. The molecule has 0 radical (unpaired) electrons. The summed E-state index contributed by atoms with van der Waals surface area (Å²) >= 11 is 0. The number of likely N-dealkylation sites (tertiary alicyclic amines) is 2.